The maximum atomic E-state index is 13.5. The molecule has 0 aliphatic rings. The Morgan fingerprint density at radius 2 is 2.14 bits per heavy atom. The Hall–Kier alpha value is -2.70. The van der Waals surface area contributed by atoms with E-state index < -0.39 is 17.3 Å². The first-order valence-corrected chi connectivity index (χ1v) is 6.72. The van der Waals surface area contributed by atoms with Gasteiger partial charge in [-0.25, -0.2) is 9.18 Å². The number of aromatic nitrogens is 2. The molecule has 1 aromatic carbocycles. The number of hydrogen-bond acceptors (Lipinski definition) is 3. The zero-order valence-electron chi connectivity index (χ0n) is 12.2. The fourth-order valence-electron chi connectivity index (χ4n) is 1.92. The highest BCUT2D eigenvalue weighted by Crippen LogP contribution is 2.13. The molecular formula is C15H16FN3O3. The number of nitrogens with one attached hydrogen (secondary N) is 1. The van der Waals surface area contributed by atoms with Crippen molar-refractivity contribution in [3.63, 3.8) is 0 Å². The minimum Gasteiger partial charge on any atom is -0.478 e. The molecule has 0 radical (unpaired) electrons. The molecule has 0 unspecified atom stereocenters. The van der Waals surface area contributed by atoms with Gasteiger partial charge in [0.25, 0.3) is 0 Å². The molecule has 2 rings (SSSR count). The van der Waals surface area contributed by atoms with Gasteiger partial charge in [0.15, 0.2) is 0 Å². The molecule has 0 atom stereocenters. The molecule has 0 fully saturated rings. The molecular weight excluding hydrogens is 289 g/mol. The van der Waals surface area contributed by atoms with Crippen molar-refractivity contribution in [3.8, 4) is 0 Å². The van der Waals surface area contributed by atoms with Gasteiger partial charge in [0.05, 0.1) is 23.9 Å². The average molecular weight is 305 g/mol. The fraction of sp³-hybridized carbons (Fsp3) is 0.267. The third-order valence-electron chi connectivity index (χ3n) is 3.04. The molecule has 0 saturated heterocycles. The summed E-state index contributed by atoms with van der Waals surface area (Å²) in [6, 6.07) is 3.81. The van der Waals surface area contributed by atoms with Gasteiger partial charge in [0.1, 0.15) is 5.82 Å². The molecule has 7 heteroatoms. The van der Waals surface area contributed by atoms with E-state index in [4.69, 9.17) is 5.11 Å². The smallest absolute Gasteiger partial charge is 0.338 e. The molecule has 0 bridgehead atoms. The third-order valence-corrected chi connectivity index (χ3v) is 3.04. The molecule has 0 aliphatic carbocycles. The summed E-state index contributed by atoms with van der Waals surface area (Å²) in [5, 5.41) is 15.5. The van der Waals surface area contributed by atoms with Crippen molar-refractivity contribution >= 4 is 17.6 Å². The van der Waals surface area contributed by atoms with Crippen molar-refractivity contribution in [1.82, 2.24) is 9.78 Å². The Morgan fingerprint density at radius 1 is 1.41 bits per heavy atom. The summed E-state index contributed by atoms with van der Waals surface area (Å²) in [6.07, 6.45) is 3.19. The Balaban J connectivity index is 2.02. The van der Waals surface area contributed by atoms with E-state index in [0.717, 1.165) is 12.1 Å². The molecule has 1 aromatic heterocycles. The van der Waals surface area contributed by atoms with E-state index in [1.165, 1.54) is 12.3 Å². The van der Waals surface area contributed by atoms with Crippen molar-refractivity contribution in [2.75, 3.05) is 5.32 Å². The molecule has 116 valence electrons. The molecule has 0 saturated carbocycles. The number of carboxylic acids is 1. The topological polar surface area (TPSA) is 84.2 Å². The highest BCUT2D eigenvalue weighted by atomic mass is 19.1. The summed E-state index contributed by atoms with van der Waals surface area (Å²) in [4.78, 5) is 22.6. The molecule has 1 amide bonds. The van der Waals surface area contributed by atoms with Gasteiger partial charge in [0.2, 0.25) is 5.91 Å². The molecule has 2 aromatic rings. The lowest BCUT2D eigenvalue weighted by Gasteiger charge is -2.05. The van der Waals surface area contributed by atoms with Gasteiger partial charge in [-0.3, -0.25) is 9.48 Å². The van der Waals surface area contributed by atoms with E-state index in [0.29, 0.717) is 11.3 Å². The Morgan fingerprint density at radius 3 is 2.68 bits per heavy atom. The van der Waals surface area contributed by atoms with E-state index in [9.17, 15) is 14.0 Å². The largest absolute Gasteiger partial charge is 0.478 e. The zero-order valence-corrected chi connectivity index (χ0v) is 12.2. The summed E-state index contributed by atoms with van der Waals surface area (Å²) in [6.45, 7) is 3.93. The lowest BCUT2D eigenvalue weighted by molar-refractivity contribution is -0.115. The molecule has 22 heavy (non-hydrogen) atoms. The van der Waals surface area contributed by atoms with Gasteiger partial charge in [-0.2, -0.15) is 5.10 Å². The van der Waals surface area contributed by atoms with Crippen LogP contribution >= 0.6 is 0 Å². The highest BCUT2D eigenvalue weighted by molar-refractivity contribution is 5.92. The summed E-state index contributed by atoms with van der Waals surface area (Å²) in [5.41, 5.74) is 0.542. The van der Waals surface area contributed by atoms with Crippen molar-refractivity contribution < 1.29 is 19.1 Å². The van der Waals surface area contributed by atoms with Crippen LogP contribution in [0.1, 0.15) is 35.8 Å². The standard InChI is InChI=1S/C15H16FN3O3/c1-9(2)19-8-11(7-17-19)18-14(20)6-10-3-4-12(15(21)22)13(16)5-10/h3-5,7-9H,6H2,1-2H3,(H,18,20)(H,21,22). The second kappa shape index (κ2) is 6.38. The van der Waals surface area contributed by atoms with Gasteiger partial charge in [0, 0.05) is 12.2 Å². The van der Waals surface area contributed by atoms with E-state index in [-0.39, 0.29) is 18.4 Å². The van der Waals surface area contributed by atoms with Crippen LogP contribution in [0.5, 0.6) is 0 Å². The fourth-order valence-corrected chi connectivity index (χ4v) is 1.92. The van der Waals surface area contributed by atoms with Gasteiger partial charge >= 0.3 is 5.97 Å². The van der Waals surface area contributed by atoms with Crippen LogP contribution in [0.15, 0.2) is 30.6 Å². The van der Waals surface area contributed by atoms with E-state index in [1.54, 1.807) is 10.9 Å². The van der Waals surface area contributed by atoms with Gasteiger partial charge in [-0.05, 0) is 31.5 Å². The predicted molar refractivity (Wildman–Crippen MR) is 78.3 cm³/mol. The van der Waals surface area contributed by atoms with Crippen molar-refractivity contribution in [2.45, 2.75) is 26.3 Å². The SMILES string of the molecule is CC(C)n1cc(NC(=O)Cc2ccc(C(=O)O)c(F)c2)cn1. The predicted octanol–water partition coefficient (Wildman–Crippen LogP) is 2.48. The molecule has 0 spiro atoms. The number of halogens is 1. The minimum atomic E-state index is -1.34. The van der Waals surface area contributed by atoms with Gasteiger partial charge in [-0.1, -0.05) is 6.07 Å². The molecule has 2 N–H and O–H groups in total. The number of carbonyl (C=O) groups excluding carboxylic acids is 1. The molecule has 6 nitrogen and oxygen atoms in total. The van der Waals surface area contributed by atoms with E-state index in [2.05, 4.69) is 10.4 Å². The lowest BCUT2D eigenvalue weighted by atomic mass is 10.1. The maximum Gasteiger partial charge on any atom is 0.338 e. The van der Waals surface area contributed by atoms with Crippen LogP contribution in [0.3, 0.4) is 0 Å². The maximum absolute atomic E-state index is 13.5. The average Bonchev–Trinajstić information content (AvgIpc) is 2.86. The number of benzene rings is 1. The van der Waals surface area contributed by atoms with Gasteiger partial charge < -0.3 is 10.4 Å². The Kier molecular flexibility index (Phi) is 4.55. The number of aromatic carboxylic acids is 1. The van der Waals surface area contributed by atoms with E-state index in [1.807, 2.05) is 13.8 Å². The normalized spacial score (nSPS) is 10.7. The zero-order chi connectivity index (χ0) is 16.3. The van der Waals surface area contributed by atoms with Crippen LogP contribution < -0.4 is 5.32 Å². The van der Waals surface area contributed by atoms with Gasteiger partial charge in [-0.15, -0.1) is 0 Å². The minimum absolute atomic E-state index is 0.0519. The number of anilines is 1. The van der Waals surface area contributed by atoms with Crippen molar-refractivity contribution in [2.24, 2.45) is 0 Å². The van der Waals surface area contributed by atoms with Crippen LogP contribution in [0, 0.1) is 5.82 Å². The first-order valence-electron chi connectivity index (χ1n) is 6.72. The van der Waals surface area contributed by atoms with Crippen LogP contribution in [-0.4, -0.2) is 26.8 Å². The Bertz CT molecular complexity index is 710. The first-order chi connectivity index (χ1) is 10.4. The van der Waals surface area contributed by atoms with Crippen LogP contribution in [-0.2, 0) is 11.2 Å². The number of nitrogens with zero attached hydrogens (tertiary/aromatic N) is 2. The number of carbonyl (C=O) groups is 2. The van der Waals surface area contributed by atoms with Crippen LogP contribution in [0.25, 0.3) is 0 Å². The number of rotatable bonds is 5. The summed E-state index contributed by atoms with van der Waals surface area (Å²) >= 11 is 0. The first kappa shape index (κ1) is 15.7. The summed E-state index contributed by atoms with van der Waals surface area (Å²) in [5.74, 6) is -2.52. The highest BCUT2D eigenvalue weighted by Gasteiger charge is 2.12. The summed E-state index contributed by atoms with van der Waals surface area (Å²) in [7, 11) is 0. The van der Waals surface area contributed by atoms with Crippen molar-refractivity contribution in [1.29, 1.82) is 0 Å². The quantitative estimate of drug-likeness (QED) is 0.889. The second-order valence-electron chi connectivity index (χ2n) is 5.15. The van der Waals surface area contributed by atoms with Crippen LogP contribution in [0.2, 0.25) is 0 Å². The number of carboxylic acid groups (broad SMARTS) is 1. The molecule has 0 aliphatic heterocycles. The Labute approximate surface area is 126 Å². The second-order valence-corrected chi connectivity index (χ2v) is 5.15. The monoisotopic (exact) mass is 305 g/mol. The van der Waals surface area contributed by atoms with Crippen LogP contribution in [0.4, 0.5) is 10.1 Å². The van der Waals surface area contributed by atoms with Crippen molar-refractivity contribution in [3.05, 3.63) is 47.5 Å². The molecule has 1 heterocycles. The third kappa shape index (κ3) is 3.69. The number of hydrogen-bond donors (Lipinski definition) is 2. The number of amides is 1. The lowest BCUT2D eigenvalue weighted by Crippen LogP contribution is -2.14. The summed E-state index contributed by atoms with van der Waals surface area (Å²) < 4.78 is 15.2. The van der Waals surface area contributed by atoms with E-state index >= 15 is 0 Å².